The first-order chi connectivity index (χ1) is 6.63. The van der Waals surface area contributed by atoms with Crippen LogP contribution >= 0.6 is 0 Å². The Morgan fingerprint density at radius 2 is 2.21 bits per heavy atom. The van der Waals surface area contributed by atoms with Crippen molar-refractivity contribution in [1.82, 2.24) is 5.32 Å². The molecule has 0 bridgehead atoms. The molecule has 0 aromatic heterocycles. The number of nitrogens with one attached hydrogen (secondary N) is 1. The van der Waals surface area contributed by atoms with E-state index in [1.54, 1.807) is 12.1 Å². The van der Waals surface area contributed by atoms with Crippen LogP contribution in [0.25, 0.3) is 0 Å². The van der Waals surface area contributed by atoms with Crippen molar-refractivity contribution in [2.75, 3.05) is 13.7 Å². The van der Waals surface area contributed by atoms with Gasteiger partial charge in [0.2, 0.25) is 0 Å². The molecule has 0 fully saturated rings. The van der Waals surface area contributed by atoms with Gasteiger partial charge in [0.1, 0.15) is 5.75 Å². The Kier molecular flexibility index (Phi) is 2.15. The van der Waals surface area contributed by atoms with Crippen molar-refractivity contribution < 1.29 is 13.5 Å². The molecule has 0 unspecified atom stereocenters. The lowest BCUT2D eigenvalue weighted by Crippen LogP contribution is -2.36. The Morgan fingerprint density at radius 1 is 1.43 bits per heavy atom. The molecule has 0 saturated carbocycles. The lowest BCUT2D eigenvalue weighted by molar-refractivity contribution is -0.0109. The Morgan fingerprint density at radius 3 is 2.93 bits per heavy atom. The van der Waals surface area contributed by atoms with Gasteiger partial charge in [0.15, 0.2) is 0 Å². The van der Waals surface area contributed by atoms with Gasteiger partial charge in [-0.25, -0.2) is 0 Å². The number of methoxy groups -OCH3 is 1. The molecule has 76 valence electrons. The third-order valence-electron chi connectivity index (χ3n) is 2.37. The third kappa shape index (κ3) is 1.46. The molecule has 4 heteroatoms. The summed E-state index contributed by atoms with van der Waals surface area (Å²) in [5.41, 5.74) is 0.720. The highest BCUT2D eigenvalue weighted by Gasteiger charge is 2.36. The van der Waals surface area contributed by atoms with Gasteiger partial charge >= 0.3 is 0 Å². The zero-order chi connectivity index (χ0) is 10.2. The zero-order valence-corrected chi connectivity index (χ0v) is 7.81. The molecule has 0 saturated heterocycles. The van der Waals surface area contributed by atoms with Crippen molar-refractivity contribution in [3.63, 3.8) is 0 Å². The molecule has 1 aromatic rings. The number of hydrogen-bond donors (Lipinski definition) is 1. The number of rotatable bonds is 1. The van der Waals surface area contributed by atoms with E-state index in [-0.39, 0.29) is 12.1 Å². The summed E-state index contributed by atoms with van der Waals surface area (Å²) in [6, 6.07) is 4.78. The third-order valence-corrected chi connectivity index (χ3v) is 2.37. The van der Waals surface area contributed by atoms with Crippen LogP contribution in [0.2, 0.25) is 0 Å². The van der Waals surface area contributed by atoms with Crippen molar-refractivity contribution in [1.29, 1.82) is 0 Å². The van der Waals surface area contributed by atoms with E-state index in [2.05, 4.69) is 5.32 Å². The number of benzene rings is 1. The van der Waals surface area contributed by atoms with E-state index in [0.29, 0.717) is 17.9 Å². The molecule has 0 atom stereocenters. The second-order valence-electron chi connectivity index (χ2n) is 3.33. The van der Waals surface area contributed by atoms with E-state index in [1.165, 1.54) is 13.2 Å². The minimum Gasteiger partial charge on any atom is -0.497 e. The van der Waals surface area contributed by atoms with Gasteiger partial charge in [-0.2, -0.15) is 8.78 Å². The SMILES string of the molecule is COc1ccc2c(c1)C(F)(F)CNC2. The van der Waals surface area contributed by atoms with Crippen LogP contribution in [0.1, 0.15) is 11.1 Å². The van der Waals surface area contributed by atoms with E-state index < -0.39 is 5.92 Å². The van der Waals surface area contributed by atoms with E-state index in [9.17, 15) is 8.78 Å². The van der Waals surface area contributed by atoms with Crippen molar-refractivity contribution in [3.8, 4) is 5.75 Å². The predicted molar refractivity (Wildman–Crippen MR) is 48.6 cm³/mol. The molecule has 1 aromatic carbocycles. The predicted octanol–water partition coefficient (Wildman–Crippen LogP) is 1.89. The van der Waals surface area contributed by atoms with Crippen LogP contribution in [0.5, 0.6) is 5.75 Å². The second-order valence-corrected chi connectivity index (χ2v) is 3.33. The summed E-state index contributed by atoms with van der Waals surface area (Å²) in [6.07, 6.45) is 0. The summed E-state index contributed by atoms with van der Waals surface area (Å²) in [5.74, 6) is -2.31. The van der Waals surface area contributed by atoms with Crippen LogP contribution < -0.4 is 10.1 Å². The Balaban J connectivity index is 2.49. The maximum Gasteiger partial charge on any atom is 0.285 e. The van der Waals surface area contributed by atoms with Crippen LogP contribution in [0, 0.1) is 0 Å². The first-order valence-electron chi connectivity index (χ1n) is 4.39. The van der Waals surface area contributed by atoms with Crippen LogP contribution in [0.3, 0.4) is 0 Å². The summed E-state index contributed by atoms with van der Waals surface area (Å²) >= 11 is 0. The molecule has 2 rings (SSSR count). The summed E-state index contributed by atoms with van der Waals surface area (Å²) < 4.78 is 31.7. The van der Waals surface area contributed by atoms with Crippen molar-refractivity contribution >= 4 is 0 Å². The van der Waals surface area contributed by atoms with Crippen molar-refractivity contribution in [2.45, 2.75) is 12.5 Å². The Bertz CT molecular complexity index is 352. The van der Waals surface area contributed by atoms with E-state index in [0.717, 1.165) is 0 Å². The lowest BCUT2D eigenvalue weighted by Gasteiger charge is -2.26. The molecule has 0 aliphatic carbocycles. The molecular weight excluding hydrogens is 188 g/mol. The summed E-state index contributed by atoms with van der Waals surface area (Å²) in [6.45, 7) is 0.197. The molecule has 0 spiro atoms. The summed E-state index contributed by atoms with van der Waals surface area (Å²) in [5, 5.41) is 2.68. The summed E-state index contributed by atoms with van der Waals surface area (Å²) in [4.78, 5) is 0. The second kappa shape index (κ2) is 3.20. The molecule has 1 N–H and O–H groups in total. The number of fused-ring (bicyclic) bond motifs is 1. The van der Waals surface area contributed by atoms with Crippen LogP contribution in [0.15, 0.2) is 18.2 Å². The van der Waals surface area contributed by atoms with Crippen LogP contribution in [-0.2, 0) is 12.5 Å². The molecular formula is C10H11F2NO. The Hall–Kier alpha value is -1.16. The summed E-state index contributed by atoms with van der Waals surface area (Å²) in [7, 11) is 1.47. The number of halogens is 2. The van der Waals surface area contributed by atoms with Gasteiger partial charge in [-0.1, -0.05) is 6.07 Å². The van der Waals surface area contributed by atoms with Gasteiger partial charge in [0.25, 0.3) is 5.92 Å². The molecule has 2 nitrogen and oxygen atoms in total. The molecule has 0 amide bonds. The van der Waals surface area contributed by atoms with Gasteiger partial charge in [-0.15, -0.1) is 0 Å². The normalized spacial score (nSPS) is 18.8. The fraction of sp³-hybridized carbons (Fsp3) is 0.400. The first kappa shape index (κ1) is 9.40. The number of hydrogen-bond acceptors (Lipinski definition) is 2. The van der Waals surface area contributed by atoms with Crippen molar-refractivity contribution in [3.05, 3.63) is 29.3 Å². The average Bonchev–Trinajstić information content (AvgIpc) is 2.17. The van der Waals surface area contributed by atoms with Crippen LogP contribution in [-0.4, -0.2) is 13.7 Å². The number of alkyl halides is 2. The fourth-order valence-corrected chi connectivity index (χ4v) is 1.63. The monoisotopic (exact) mass is 199 g/mol. The smallest absolute Gasteiger partial charge is 0.285 e. The largest absolute Gasteiger partial charge is 0.497 e. The quantitative estimate of drug-likeness (QED) is 0.745. The maximum absolute atomic E-state index is 13.4. The van der Waals surface area contributed by atoms with Gasteiger partial charge in [-0.05, 0) is 17.7 Å². The highest BCUT2D eigenvalue weighted by Crippen LogP contribution is 2.35. The molecule has 1 aliphatic heterocycles. The standard InChI is InChI=1S/C10H11F2NO/c1-14-8-3-2-7-5-13-6-10(11,12)9(7)4-8/h2-4,13H,5-6H2,1H3. The van der Waals surface area contributed by atoms with Gasteiger partial charge in [-0.3, -0.25) is 0 Å². The van der Waals surface area contributed by atoms with Crippen LogP contribution in [0.4, 0.5) is 8.78 Å². The highest BCUT2D eigenvalue weighted by molar-refractivity contribution is 5.39. The minimum absolute atomic E-state index is 0.0793. The lowest BCUT2D eigenvalue weighted by atomic mass is 9.98. The Labute approximate surface area is 80.9 Å². The maximum atomic E-state index is 13.4. The zero-order valence-electron chi connectivity index (χ0n) is 7.81. The topological polar surface area (TPSA) is 21.3 Å². The minimum atomic E-state index is -2.79. The van der Waals surface area contributed by atoms with Crippen molar-refractivity contribution in [2.24, 2.45) is 0 Å². The molecule has 1 heterocycles. The van der Waals surface area contributed by atoms with Gasteiger partial charge < -0.3 is 10.1 Å². The molecule has 14 heavy (non-hydrogen) atoms. The van der Waals surface area contributed by atoms with Gasteiger partial charge in [0.05, 0.1) is 13.7 Å². The molecule has 1 aliphatic rings. The van der Waals surface area contributed by atoms with E-state index in [4.69, 9.17) is 4.74 Å². The fourth-order valence-electron chi connectivity index (χ4n) is 1.63. The molecule has 0 radical (unpaired) electrons. The highest BCUT2D eigenvalue weighted by atomic mass is 19.3. The first-order valence-corrected chi connectivity index (χ1v) is 4.39. The van der Waals surface area contributed by atoms with E-state index in [1.807, 2.05) is 0 Å². The average molecular weight is 199 g/mol. The van der Waals surface area contributed by atoms with Gasteiger partial charge in [0, 0.05) is 12.1 Å². The van der Waals surface area contributed by atoms with E-state index >= 15 is 0 Å². The number of ether oxygens (including phenoxy) is 1.